The van der Waals surface area contributed by atoms with E-state index >= 15 is 0 Å². The quantitative estimate of drug-likeness (QED) is 0.465. The van der Waals surface area contributed by atoms with Crippen LogP contribution < -0.4 is 5.46 Å². The van der Waals surface area contributed by atoms with Crippen LogP contribution in [0.25, 0.3) is 0 Å². The summed E-state index contributed by atoms with van der Waals surface area (Å²) in [6, 6.07) is 3.01. The Bertz CT molecular complexity index is 295. The van der Waals surface area contributed by atoms with E-state index in [1.54, 1.807) is 0 Å². The third-order valence-corrected chi connectivity index (χ3v) is 1.75. The summed E-state index contributed by atoms with van der Waals surface area (Å²) in [6.07, 6.45) is -4.33. The fourth-order valence-electron chi connectivity index (χ4n) is 0.720. The fourth-order valence-corrected chi connectivity index (χ4v) is 0.934. The van der Waals surface area contributed by atoms with Crippen LogP contribution in [-0.4, -0.2) is 7.85 Å². The molecule has 0 aliphatic rings. The maximum absolute atomic E-state index is 12.0. The highest BCUT2D eigenvalue weighted by atomic mass is 32.1. The summed E-state index contributed by atoms with van der Waals surface area (Å²) in [7, 11) is 5.29. The molecule has 0 unspecified atom stereocenters. The van der Waals surface area contributed by atoms with E-state index in [-0.39, 0.29) is 10.4 Å². The molecule has 0 aromatic heterocycles. The maximum Gasteiger partial charge on any atom is 0.416 e. The van der Waals surface area contributed by atoms with Crippen molar-refractivity contribution in [3.63, 3.8) is 0 Å². The second-order valence-electron chi connectivity index (χ2n) is 2.27. The predicted octanol–water partition coefficient (Wildman–Crippen LogP) is 1.79. The number of hydrogen-bond donors (Lipinski definition) is 1. The van der Waals surface area contributed by atoms with Crippen molar-refractivity contribution >= 4 is 25.9 Å². The van der Waals surface area contributed by atoms with Gasteiger partial charge in [0.15, 0.2) is 0 Å². The third-order valence-electron chi connectivity index (χ3n) is 1.36. The maximum atomic E-state index is 12.0. The van der Waals surface area contributed by atoms with E-state index in [0.717, 1.165) is 12.1 Å². The van der Waals surface area contributed by atoms with Crippen LogP contribution in [0, 0.1) is 0 Å². The van der Waals surface area contributed by atoms with Gasteiger partial charge in [0.25, 0.3) is 0 Å². The zero-order valence-electron chi connectivity index (χ0n) is 5.89. The summed E-state index contributed by atoms with van der Waals surface area (Å²) in [5.41, 5.74) is -0.493. The zero-order valence-corrected chi connectivity index (χ0v) is 6.78. The first-order valence-electron chi connectivity index (χ1n) is 3.07. The highest BCUT2D eigenvalue weighted by Crippen LogP contribution is 2.29. The van der Waals surface area contributed by atoms with E-state index in [4.69, 9.17) is 7.85 Å². The summed E-state index contributed by atoms with van der Waals surface area (Å²) < 4.78 is 36.1. The molecule has 1 aromatic rings. The monoisotopic (exact) mass is 188 g/mol. The van der Waals surface area contributed by atoms with Gasteiger partial charge >= 0.3 is 6.18 Å². The molecular formula is C7H4BF3S. The molecule has 2 radical (unpaired) electrons. The number of thiol groups is 1. The van der Waals surface area contributed by atoms with Crippen LogP contribution in [0.15, 0.2) is 23.1 Å². The predicted molar refractivity (Wildman–Crippen MR) is 44.1 cm³/mol. The SMILES string of the molecule is [B]c1ccc(C(F)(F)F)cc1S. The smallest absolute Gasteiger partial charge is 0.166 e. The van der Waals surface area contributed by atoms with Gasteiger partial charge in [-0.05, 0) is 11.0 Å². The first-order valence-corrected chi connectivity index (χ1v) is 3.51. The lowest BCUT2D eigenvalue weighted by Gasteiger charge is -2.07. The highest BCUT2D eigenvalue weighted by Gasteiger charge is 2.30. The molecule has 0 amide bonds. The van der Waals surface area contributed by atoms with Crippen molar-refractivity contribution in [2.75, 3.05) is 0 Å². The topological polar surface area (TPSA) is 0 Å². The van der Waals surface area contributed by atoms with Crippen LogP contribution in [-0.2, 0) is 6.18 Å². The molecule has 62 valence electrons. The number of hydrogen-bond acceptors (Lipinski definition) is 1. The molecule has 1 rings (SSSR count). The molecule has 0 aliphatic heterocycles. The van der Waals surface area contributed by atoms with Gasteiger partial charge in [0.1, 0.15) is 7.85 Å². The van der Waals surface area contributed by atoms with Crippen LogP contribution in [0.5, 0.6) is 0 Å². The standard InChI is InChI=1S/C7H4BF3S/c8-5-2-1-4(3-6(5)12)7(9,10)11/h1-3,12H. The third kappa shape index (κ3) is 1.97. The number of rotatable bonds is 0. The summed E-state index contributed by atoms with van der Waals surface area (Å²) in [4.78, 5) is 0.143. The van der Waals surface area contributed by atoms with Gasteiger partial charge in [-0.15, -0.1) is 12.6 Å². The molecule has 0 fully saturated rings. The van der Waals surface area contributed by atoms with E-state index in [1.807, 2.05) is 0 Å². The molecule has 5 heteroatoms. The second kappa shape index (κ2) is 3.05. The Balaban J connectivity index is 3.14. The fraction of sp³-hybridized carbons (Fsp3) is 0.143. The van der Waals surface area contributed by atoms with E-state index in [2.05, 4.69) is 12.6 Å². The van der Waals surface area contributed by atoms with Crippen molar-refractivity contribution in [2.24, 2.45) is 0 Å². The van der Waals surface area contributed by atoms with Crippen molar-refractivity contribution in [3.8, 4) is 0 Å². The van der Waals surface area contributed by atoms with Crippen LogP contribution in [0.1, 0.15) is 5.56 Å². The normalized spacial score (nSPS) is 11.7. The molecule has 0 atom stereocenters. The van der Waals surface area contributed by atoms with Crippen molar-refractivity contribution in [3.05, 3.63) is 23.8 Å². The van der Waals surface area contributed by atoms with Crippen LogP contribution in [0.3, 0.4) is 0 Å². The lowest BCUT2D eigenvalue weighted by molar-refractivity contribution is -0.137. The summed E-state index contributed by atoms with van der Waals surface area (Å²) in [5.74, 6) is 0. The van der Waals surface area contributed by atoms with Gasteiger partial charge in [-0.25, -0.2) is 0 Å². The van der Waals surface area contributed by atoms with E-state index < -0.39 is 11.7 Å². The van der Waals surface area contributed by atoms with E-state index in [9.17, 15) is 13.2 Å². The average Bonchev–Trinajstić information content (AvgIpc) is 1.92. The summed E-state index contributed by atoms with van der Waals surface area (Å²) >= 11 is 3.77. The van der Waals surface area contributed by atoms with Crippen molar-refractivity contribution < 1.29 is 13.2 Å². The Kier molecular flexibility index (Phi) is 2.42. The van der Waals surface area contributed by atoms with Gasteiger partial charge in [-0.3, -0.25) is 0 Å². The zero-order chi connectivity index (χ0) is 9.35. The molecule has 0 saturated heterocycles. The Morgan fingerprint density at radius 2 is 1.83 bits per heavy atom. The Morgan fingerprint density at radius 1 is 1.25 bits per heavy atom. The molecule has 12 heavy (non-hydrogen) atoms. The molecule has 1 aromatic carbocycles. The molecule has 0 saturated carbocycles. The van der Waals surface area contributed by atoms with Gasteiger partial charge < -0.3 is 0 Å². The van der Waals surface area contributed by atoms with Crippen LogP contribution in [0.4, 0.5) is 13.2 Å². The van der Waals surface area contributed by atoms with Crippen molar-refractivity contribution in [1.29, 1.82) is 0 Å². The molecule has 0 bridgehead atoms. The van der Waals surface area contributed by atoms with E-state index in [1.165, 1.54) is 6.07 Å². The summed E-state index contributed by atoms with van der Waals surface area (Å²) in [6.45, 7) is 0. The lowest BCUT2D eigenvalue weighted by Crippen LogP contribution is -2.10. The minimum atomic E-state index is -4.33. The lowest BCUT2D eigenvalue weighted by atomic mass is 9.95. The first kappa shape index (κ1) is 9.51. The molecule has 0 aliphatic carbocycles. The van der Waals surface area contributed by atoms with Crippen molar-refractivity contribution in [1.82, 2.24) is 0 Å². The molecule has 0 heterocycles. The molecule has 0 spiro atoms. The number of alkyl halides is 3. The minimum absolute atomic E-state index is 0.143. The Hall–Kier alpha value is -0.575. The Labute approximate surface area is 74.6 Å². The van der Waals surface area contributed by atoms with Gasteiger partial charge in [0.05, 0.1) is 5.56 Å². The first-order chi connectivity index (χ1) is 5.41. The van der Waals surface area contributed by atoms with Gasteiger partial charge in [-0.2, -0.15) is 13.2 Å². The summed E-state index contributed by atoms with van der Waals surface area (Å²) in [5, 5.41) is 0. The number of benzene rings is 1. The average molecular weight is 188 g/mol. The molecule has 0 N–H and O–H groups in total. The van der Waals surface area contributed by atoms with Gasteiger partial charge in [-0.1, -0.05) is 17.6 Å². The van der Waals surface area contributed by atoms with Crippen molar-refractivity contribution in [2.45, 2.75) is 11.1 Å². The van der Waals surface area contributed by atoms with Crippen LogP contribution >= 0.6 is 12.6 Å². The second-order valence-corrected chi connectivity index (χ2v) is 2.75. The highest BCUT2D eigenvalue weighted by molar-refractivity contribution is 7.80. The van der Waals surface area contributed by atoms with Gasteiger partial charge in [0.2, 0.25) is 0 Å². The minimum Gasteiger partial charge on any atom is -0.166 e. The Morgan fingerprint density at radius 3 is 2.25 bits per heavy atom. The van der Waals surface area contributed by atoms with E-state index in [0.29, 0.717) is 0 Å². The van der Waals surface area contributed by atoms with Gasteiger partial charge in [0, 0.05) is 0 Å². The molecular weight excluding hydrogens is 184 g/mol. The number of halogens is 3. The largest absolute Gasteiger partial charge is 0.416 e. The van der Waals surface area contributed by atoms with Crippen LogP contribution in [0.2, 0.25) is 0 Å². The molecule has 0 nitrogen and oxygen atoms in total.